The lowest BCUT2D eigenvalue weighted by atomic mass is 10.0. The molecule has 0 aliphatic carbocycles. The molecule has 1 aromatic rings. The summed E-state index contributed by atoms with van der Waals surface area (Å²) >= 11 is 0. The first-order valence-electron chi connectivity index (χ1n) is 6.29. The predicted molar refractivity (Wildman–Crippen MR) is 80.7 cm³/mol. The van der Waals surface area contributed by atoms with Gasteiger partial charge in [-0.05, 0) is 6.07 Å². The minimum absolute atomic E-state index is 0. The molecule has 128 valence electrons. The zero-order valence-electron chi connectivity index (χ0n) is 11.8. The number of ether oxygens (including phenoxy) is 1. The summed E-state index contributed by atoms with van der Waals surface area (Å²) in [5, 5.41) is 3.00. The zero-order chi connectivity index (χ0) is 14.8. The third-order valence-electron chi connectivity index (χ3n) is 3.32. The van der Waals surface area contributed by atoms with Crippen molar-refractivity contribution in [1.82, 2.24) is 10.2 Å². The molecule has 0 unspecified atom stereocenters. The Bertz CT molecular complexity index is 468. The van der Waals surface area contributed by atoms with Gasteiger partial charge in [-0.2, -0.15) is 13.2 Å². The molecule has 0 saturated carbocycles. The molecule has 1 N–H and O–H groups in total. The van der Waals surface area contributed by atoms with Gasteiger partial charge in [0.05, 0.1) is 7.11 Å². The molecule has 0 radical (unpaired) electrons. The quantitative estimate of drug-likeness (QED) is 0.833. The van der Waals surface area contributed by atoms with Gasteiger partial charge >= 0.3 is 6.18 Å². The summed E-state index contributed by atoms with van der Waals surface area (Å²) in [4.78, 5) is 1.30. The van der Waals surface area contributed by atoms with Crippen LogP contribution in [0.15, 0.2) is 18.2 Å². The first-order valence-corrected chi connectivity index (χ1v) is 6.29. The van der Waals surface area contributed by atoms with Gasteiger partial charge in [0, 0.05) is 31.7 Å². The van der Waals surface area contributed by atoms with Gasteiger partial charge in [0.15, 0.2) is 11.6 Å². The number of para-hydroxylation sites is 1. The summed E-state index contributed by atoms with van der Waals surface area (Å²) in [6.45, 7) is 1.46. The van der Waals surface area contributed by atoms with Crippen LogP contribution in [0.2, 0.25) is 0 Å². The van der Waals surface area contributed by atoms with Crippen LogP contribution in [0, 0.1) is 5.82 Å². The molecule has 2 rings (SSSR count). The Hall–Kier alpha value is -0.760. The second kappa shape index (κ2) is 8.76. The number of methoxy groups -OCH3 is 1. The molecule has 1 saturated heterocycles. The summed E-state index contributed by atoms with van der Waals surface area (Å²) in [6.07, 6.45) is -4.49. The Balaban J connectivity index is 0.00000220. The summed E-state index contributed by atoms with van der Waals surface area (Å²) in [7, 11) is 1.17. The second-order valence-corrected chi connectivity index (χ2v) is 4.59. The van der Waals surface area contributed by atoms with Crippen LogP contribution >= 0.6 is 24.8 Å². The van der Waals surface area contributed by atoms with E-state index in [0.29, 0.717) is 13.1 Å². The molecule has 1 aliphatic rings. The van der Waals surface area contributed by atoms with Crippen molar-refractivity contribution in [3.63, 3.8) is 0 Å². The van der Waals surface area contributed by atoms with Gasteiger partial charge in [-0.25, -0.2) is 4.39 Å². The number of piperazine rings is 1. The number of rotatable bonds is 3. The van der Waals surface area contributed by atoms with E-state index in [1.807, 2.05) is 0 Å². The first kappa shape index (κ1) is 21.2. The van der Waals surface area contributed by atoms with E-state index in [0.717, 1.165) is 6.07 Å². The Morgan fingerprint density at radius 3 is 2.27 bits per heavy atom. The van der Waals surface area contributed by atoms with Crippen LogP contribution in [0.1, 0.15) is 11.6 Å². The van der Waals surface area contributed by atoms with E-state index in [4.69, 9.17) is 4.74 Å². The molecule has 1 heterocycles. The van der Waals surface area contributed by atoms with Gasteiger partial charge < -0.3 is 10.1 Å². The average Bonchev–Trinajstić information content (AvgIpc) is 2.39. The highest BCUT2D eigenvalue weighted by molar-refractivity contribution is 5.85. The fourth-order valence-electron chi connectivity index (χ4n) is 2.48. The van der Waals surface area contributed by atoms with Crippen molar-refractivity contribution < 1.29 is 22.3 Å². The van der Waals surface area contributed by atoms with Crippen molar-refractivity contribution in [2.75, 3.05) is 33.3 Å². The normalized spacial score (nSPS) is 17.1. The minimum Gasteiger partial charge on any atom is -0.493 e. The van der Waals surface area contributed by atoms with Gasteiger partial charge in [0.25, 0.3) is 0 Å². The molecule has 1 aliphatic heterocycles. The topological polar surface area (TPSA) is 24.5 Å². The maximum atomic E-state index is 13.6. The van der Waals surface area contributed by atoms with Gasteiger partial charge in [-0.3, -0.25) is 4.90 Å². The lowest BCUT2D eigenvalue weighted by molar-refractivity contribution is -0.188. The van der Waals surface area contributed by atoms with E-state index in [-0.39, 0.29) is 49.2 Å². The molecule has 9 heteroatoms. The standard InChI is InChI=1S/C13H16F4N2O.2ClH/c1-20-11-9(3-2-4-10(11)14)12(13(15,16)17)19-7-5-18-6-8-19;;/h2-4,12,18H,5-8H2,1H3;2*1H/t12-;;/m0../s1. The van der Waals surface area contributed by atoms with E-state index in [9.17, 15) is 17.6 Å². The maximum Gasteiger partial charge on any atom is 0.408 e. The van der Waals surface area contributed by atoms with E-state index >= 15 is 0 Å². The lowest BCUT2D eigenvalue weighted by Gasteiger charge is -2.36. The third kappa shape index (κ3) is 4.62. The van der Waals surface area contributed by atoms with Crippen LogP contribution in [0.4, 0.5) is 17.6 Å². The van der Waals surface area contributed by atoms with Crippen molar-refractivity contribution >= 4 is 24.8 Å². The Labute approximate surface area is 138 Å². The molecular weight excluding hydrogens is 347 g/mol. The zero-order valence-corrected chi connectivity index (χ0v) is 13.5. The fourth-order valence-corrected chi connectivity index (χ4v) is 2.48. The number of halogens is 6. The Morgan fingerprint density at radius 2 is 1.77 bits per heavy atom. The molecule has 0 bridgehead atoms. The van der Waals surface area contributed by atoms with Crippen LogP contribution in [-0.4, -0.2) is 44.4 Å². The van der Waals surface area contributed by atoms with Gasteiger partial charge in [-0.15, -0.1) is 24.8 Å². The highest BCUT2D eigenvalue weighted by Crippen LogP contribution is 2.42. The van der Waals surface area contributed by atoms with Crippen molar-refractivity contribution in [3.05, 3.63) is 29.6 Å². The van der Waals surface area contributed by atoms with E-state index in [1.165, 1.54) is 24.1 Å². The molecule has 22 heavy (non-hydrogen) atoms. The van der Waals surface area contributed by atoms with Crippen molar-refractivity contribution in [3.8, 4) is 5.75 Å². The molecule has 0 amide bonds. The minimum atomic E-state index is -4.49. The van der Waals surface area contributed by atoms with Crippen LogP contribution in [0.5, 0.6) is 5.75 Å². The highest BCUT2D eigenvalue weighted by atomic mass is 35.5. The van der Waals surface area contributed by atoms with Crippen molar-refractivity contribution in [1.29, 1.82) is 0 Å². The summed E-state index contributed by atoms with van der Waals surface area (Å²) in [5.41, 5.74) is -0.179. The summed E-state index contributed by atoms with van der Waals surface area (Å²) in [6, 6.07) is 1.78. The number of hydrogen-bond acceptors (Lipinski definition) is 3. The maximum absolute atomic E-state index is 13.6. The number of benzene rings is 1. The number of nitrogens with one attached hydrogen (secondary N) is 1. The highest BCUT2D eigenvalue weighted by Gasteiger charge is 2.46. The van der Waals surface area contributed by atoms with Crippen molar-refractivity contribution in [2.45, 2.75) is 12.2 Å². The molecule has 1 aromatic carbocycles. The SMILES string of the molecule is COc1c(F)cccc1[C@H](N1CCNCC1)C(F)(F)F.Cl.Cl. The predicted octanol–water partition coefficient (Wildman–Crippen LogP) is 3.19. The fraction of sp³-hybridized carbons (Fsp3) is 0.538. The summed E-state index contributed by atoms with van der Waals surface area (Å²) < 4.78 is 58.7. The van der Waals surface area contributed by atoms with E-state index in [2.05, 4.69) is 5.32 Å². The average molecular weight is 365 g/mol. The third-order valence-corrected chi connectivity index (χ3v) is 3.32. The Morgan fingerprint density at radius 1 is 1.18 bits per heavy atom. The molecular formula is C13H18Cl2F4N2O. The van der Waals surface area contributed by atoms with E-state index < -0.39 is 18.0 Å². The number of alkyl halides is 3. The van der Waals surface area contributed by atoms with Crippen LogP contribution in [0.25, 0.3) is 0 Å². The summed E-state index contributed by atoms with van der Waals surface area (Å²) in [5.74, 6) is -1.12. The van der Waals surface area contributed by atoms with Crippen LogP contribution < -0.4 is 10.1 Å². The molecule has 1 atom stereocenters. The lowest BCUT2D eigenvalue weighted by Crippen LogP contribution is -2.49. The largest absolute Gasteiger partial charge is 0.493 e. The Kier molecular flexibility index (Phi) is 8.46. The molecule has 0 aromatic heterocycles. The molecule has 1 fully saturated rings. The van der Waals surface area contributed by atoms with E-state index in [1.54, 1.807) is 0 Å². The molecule has 3 nitrogen and oxygen atoms in total. The number of nitrogens with zero attached hydrogens (tertiary/aromatic N) is 1. The van der Waals surface area contributed by atoms with Crippen LogP contribution in [-0.2, 0) is 0 Å². The molecule has 0 spiro atoms. The van der Waals surface area contributed by atoms with Crippen LogP contribution in [0.3, 0.4) is 0 Å². The van der Waals surface area contributed by atoms with Gasteiger partial charge in [-0.1, -0.05) is 12.1 Å². The smallest absolute Gasteiger partial charge is 0.408 e. The van der Waals surface area contributed by atoms with Crippen molar-refractivity contribution in [2.24, 2.45) is 0 Å². The van der Waals surface area contributed by atoms with Gasteiger partial charge in [0.2, 0.25) is 0 Å². The second-order valence-electron chi connectivity index (χ2n) is 4.59. The monoisotopic (exact) mass is 364 g/mol. The first-order chi connectivity index (χ1) is 9.45. The number of hydrogen-bond donors (Lipinski definition) is 1. The van der Waals surface area contributed by atoms with Gasteiger partial charge in [0.1, 0.15) is 6.04 Å².